The van der Waals surface area contributed by atoms with Crippen molar-refractivity contribution in [1.82, 2.24) is 15.0 Å². The van der Waals surface area contributed by atoms with E-state index < -0.39 is 5.91 Å². The topological polar surface area (TPSA) is 107 Å². The van der Waals surface area contributed by atoms with Gasteiger partial charge in [-0.05, 0) is 32.0 Å². The van der Waals surface area contributed by atoms with Gasteiger partial charge < -0.3 is 25.0 Å². The van der Waals surface area contributed by atoms with Gasteiger partial charge in [0.1, 0.15) is 16.5 Å². The number of fused-ring (bicyclic) bond motifs is 1. The van der Waals surface area contributed by atoms with Gasteiger partial charge in [-0.25, -0.2) is 9.97 Å². The van der Waals surface area contributed by atoms with Crippen LogP contribution in [0.2, 0.25) is 0 Å². The number of carbonyl (C=O) groups is 1. The van der Waals surface area contributed by atoms with E-state index in [9.17, 15) is 4.79 Å². The van der Waals surface area contributed by atoms with Gasteiger partial charge in [0.2, 0.25) is 5.95 Å². The molecule has 2 N–H and O–H groups in total. The van der Waals surface area contributed by atoms with Gasteiger partial charge in [0.25, 0.3) is 5.91 Å². The van der Waals surface area contributed by atoms with E-state index >= 15 is 0 Å². The second-order valence-corrected chi connectivity index (χ2v) is 10.3. The second-order valence-electron chi connectivity index (χ2n) is 8.34. The lowest BCUT2D eigenvalue weighted by Crippen LogP contribution is -2.22. The van der Waals surface area contributed by atoms with Gasteiger partial charge in [0.15, 0.2) is 11.5 Å². The van der Waals surface area contributed by atoms with E-state index in [-0.39, 0.29) is 5.69 Å². The largest absolute Gasteiger partial charge is 0.490 e. The van der Waals surface area contributed by atoms with Crippen LogP contribution >= 0.6 is 23.1 Å². The predicted octanol–water partition coefficient (Wildman–Crippen LogP) is 4.93. The van der Waals surface area contributed by atoms with Crippen molar-refractivity contribution in [3.05, 3.63) is 47.5 Å². The number of thioether (sulfide) groups is 1. The van der Waals surface area contributed by atoms with Gasteiger partial charge in [-0.3, -0.25) is 4.79 Å². The lowest BCUT2D eigenvalue weighted by atomic mass is 10.1. The molecule has 4 aromatic rings. The van der Waals surface area contributed by atoms with Crippen molar-refractivity contribution in [2.75, 3.05) is 48.2 Å². The molecule has 0 aliphatic carbocycles. The SMILES string of the molecule is CCOc1cc2nc(N3CCSC3)nc(N(C)c3cccc(-c4nc(C(N)=O)cs4)c3)c2cc1OCC. The number of amides is 1. The van der Waals surface area contributed by atoms with Gasteiger partial charge in [-0.2, -0.15) is 4.98 Å². The third-order valence-electron chi connectivity index (χ3n) is 5.92. The fourth-order valence-electron chi connectivity index (χ4n) is 4.10. The molecule has 0 saturated carbocycles. The Hall–Kier alpha value is -3.57. The van der Waals surface area contributed by atoms with Crippen LogP contribution < -0.4 is 25.0 Å². The van der Waals surface area contributed by atoms with Gasteiger partial charge in [0, 0.05) is 47.4 Å². The molecule has 37 heavy (non-hydrogen) atoms. The number of hydrogen-bond acceptors (Lipinski definition) is 10. The molecule has 1 fully saturated rings. The van der Waals surface area contributed by atoms with Crippen LogP contribution in [0.4, 0.5) is 17.5 Å². The van der Waals surface area contributed by atoms with Crippen LogP contribution in [0.5, 0.6) is 11.5 Å². The summed E-state index contributed by atoms with van der Waals surface area (Å²) in [4.78, 5) is 30.1. The number of nitrogens with two attached hydrogens (primary N) is 1. The quantitative estimate of drug-likeness (QED) is 0.319. The fourth-order valence-corrected chi connectivity index (χ4v) is 5.85. The first-order chi connectivity index (χ1) is 18.0. The first kappa shape index (κ1) is 25.1. The molecule has 0 bridgehead atoms. The van der Waals surface area contributed by atoms with E-state index in [1.807, 2.05) is 74.0 Å². The number of aromatic nitrogens is 3. The highest BCUT2D eigenvalue weighted by Gasteiger charge is 2.22. The molecule has 5 rings (SSSR count). The Bertz CT molecular complexity index is 1440. The molecule has 0 spiro atoms. The van der Waals surface area contributed by atoms with E-state index in [1.54, 1.807) is 5.38 Å². The monoisotopic (exact) mass is 536 g/mol. The average molecular weight is 537 g/mol. The number of thiazole rings is 1. The summed E-state index contributed by atoms with van der Waals surface area (Å²) in [7, 11) is 1.98. The van der Waals surface area contributed by atoms with Crippen LogP contribution in [0.15, 0.2) is 41.8 Å². The highest BCUT2D eigenvalue weighted by Crippen LogP contribution is 2.39. The van der Waals surface area contributed by atoms with Gasteiger partial charge in [-0.1, -0.05) is 12.1 Å². The number of anilines is 3. The molecule has 1 amide bonds. The zero-order chi connectivity index (χ0) is 25.9. The number of carbonyl (C=O) groups excluding carboxylic acids is 1. The first-order valence-electron chi connectivity index (χ1n) is 12.0. The standard InChI is InChI=1S/C26H28N6O3S2/c1-4-34-21-12-18-19(13-22(21)35-5-2)29-26(32-9-10-36-15-32)30-24(18)31(3)17-8-6-7-16(11-17)25-28-20(14-37-25)23(27)33/h6-8,11-14H,4-5,9-10,15H2,1-3H3,(H2,27,33). The normalized spacial score (nSPS) is 13.2. The minimum atomic E-state index is -0.535. The fraction of sp³-hybridized carbons (Fsp3) is 0.308. The Kier molecular flexibility index (Phi) is 7.33. The number of rotatable bonds is 9. The van der Waals surface area contributed by atoms with Crippen molar-refractivity contribution in [2.24, 2.45) is 5.73 Å². The van der Waals surface area contributed by atoms with Gasteiger partial charge in [-0.15, -0.1) is 23.1 Å². The Morgan fingerprint density at radius 2 is 1.89 bits per heavy atom. The Morgan fingerprint density at radius 1 is 1.11 bits per heavy atom. The zero-order valence-corrected chi connectivity index (χ0v) is 22.6. The molecule has 1 saturated heterocycles. The van der Waals surface area contributed by atoms with Crippen LogP contribution in [-0.4, -0.2) is 59.3 Å². The maximum Gasteiger partial charge on any atom is 0.268 e. The van der Waals surface area contributed by atoms with E-state index in [0.717, 1.165) is 51.2 Å². The molecule has 11 heteroatoms. The summed E-state index contributed by atoms with van der Waals surface area (Å²) in [5.74, 6) is 4.14. The molecule has 1 aliphatic heterocycles. The van der Waals surface area contributed by atoms with Crippen molar-refractivity contribution in [3.8, 4) is 22.1 Å². The minimum Gasteiger partial charge on any atom is -0.490 e. The number of benzene rings is 2. The lowest BCUT2D eigenvalue weighted by molar-refractivity contribution is 0.0996. The zero-order valence-electron chi connectivity index (χ0n) is 20.9. The average Bonchev–Trinajstić information content (AvgIpc) is 3.62. The Morgan fingerprint density at radius 3 is 2.57 bits per heavy atom. The van der Waals surface area contributed by atoms with Crippen LogP contribution in [0.25, 0.3) is 21.5 Å². The second kappa shape index (κ2) is 10.8. The maximum atomic E-state index is 11.5. The van der Waals surface area contributed by atoms with E-state index in [2.05, 4.69) is 9.88 Å². The lowest BCUT2D eigenvalue weighted by Gasteiger charge is -2.24. The summed E-state index contributed by atoms with van der Waals surface area (Å²) in [5, 5.41) is 3.27. The van der Waals surface area contributed by atoms with Crippen LogP contribution in [0.1, 0.15) is 24.3 Å². The van der Waals surface area contributed by atoms with Crippen molar-refractivity contribution in [1.29, 1.82) is 0 Å². The number of primary amides is 1. The first-order valence-corrected chi connectivity index (χ1v) is 14.1. The van der Waals surface area contributed by atoms with Crippen molar-refractivity contribution >= 4 is 57.4 Å². The highest BCUT2D eigenvalue weighted by molar-refractivity contribution is 7.99. The third kappa shape index (κ3) is 5.14. The molecule has 2 aromatic heterocycles. The summed E-state index contributed by atoms with van der Waals surface area (Å²) in [6.45, 7) is 5.85. The predicted molar refractivity (Wildman–Crippen MR) is 151 cm³/mol. The van der Waals surface area contributed by atoms with Gasteiger partial charge >= 0.3 is 0 Å². The maximum absolute atomic E-state index is 11.5. The molecule has 1 aliphatic rings. The molecule has 3 heterocycles. The summed E-state index contributed by atoms with van der Waals surface area (Å²) >= 11 is 3.25. The van der Waals surface area contributed by atoms with Crippen molar-refractivity contribution in [2.45, 2.75) is 13.8 Å². The Balaban J connectivity index is 1.62. The summed E-state index contributed by atoms with van der Waals surface area (Å²) < 4.78 is 11.8. The molecule has 9 nitrogen and oxygen atoms in total. The summed E-state index contributed by atoms with van der Waals surface area (Å²) in [6.07, 6.45) is 0. The van der Waals surface area contributed by atoms with E-state index in [0.29, 0.717) is 30.7 Å². The molecule has 0 unspecified atom stereocenters. The molecule has 0 radical (unpaired) electrons. The van der Waals surface area contributed by atoms with Crippen LogP contribution in [-0.2, 0) is 0 Å². The summed E-state index contributed by atoms with van der Waals surface area (Å²) in [5.41, 5.74) is 8.27. The number of ether oxygens (including phenoxy) is 2. The highest BCUT2D eigenvalue weighted by atomic mass is 32.2. The molecule has 2 aromatic carbocycles. The summed E-state index contributed by atoms with van der Waals surface area (Å²) in [6, 6.07) is 11.9. The minimum absolute atomic E-state index is 0.266. The van der Waals surface area contributed by atoms with Gasteiger partial charge in [0.05, 0.1) is 24.6 Å². The van der Waals surface area contributed by atoms with Crippen LogP contribution in [0, 0.1) is 0 Å². The van der Waals surface area contributed by atoms with Crippen LogP contribution in [0.3, 0.4) is 0 Å². The van der Waals surface area contributed by atoms with Crippen molar-refractivity contribution < 1.29 is 14.3 Å². The molecule has 192 valence electrons. The number of nitrogens with zero attached hydrogens (tertiary/aromatic N) is 5. The van der Waals surface area contributed by atoms with E-state index in [4.69, 9.17) is 25.2 Å². The molecular formula is C26H28N6O3S2. The third-order valence-corrected chi connectivity index (χ3v) is 7.78. The smallest absolute Gasteiger partial charge is 0.268 e. The Labute approximate surface area is 223 Å². The van der Waals surface area contributed by atoms with E-state index in [1.165, 1.54) is 11.3 Å². The molecular weight excluding hydrogens is 508 g/mol. The van der Waals surface area contributed by atoms with Crippen molar-refractivity contribution in [3.63, 3.8) is 0 Å². The molecule has 0 atom stereocenters. The number of hydrogen-bond donors (Lipinski definition) is 1.